The van der Waals surface area contributed by atoms with E-state index in [-0.39, 0.29) is 12.3 Å². The Hall–Kier alpha value is -3.73. The number of rotatable bonds is 10. The van der Waals surface area contributed by atoms with Gasteiger partial charge in [0.1, 0.15) is 12.4 Å². The molecular formula is C29H33FN4O5S. The highest BCUT2D eigenvalue weighted by molar-refractivity contribution is 7.14. The lowest BCUT2D eigenvalue weighted by atomic mass is 9.90. The number of amides is 1. The van der Waals surface area contributed by atoms with Gasteiger partial charge in [0.25, 0.3) is 0 Å². The Labute approximate surface area is 236 Å². The summed E-state index contributed by atoms with van der Waals surface area (Å²) in [6, 6.07) is 7.16. The van der Waals surface area contributed by atoms with Crippen LogP contribution in [0.2, 0.25) is 0 Å². The monoisotopic (exact) mass is 568 g/mol. The van der Waals surface area contributed by atoms with E-state index >= 15 is 0 Å². The minimum atomic E-state index is -0.979. The van der Waals surface area contributed by atoms with Gasteiger partial charge in [0.15, 0.2) is 16.7 Å². The summed E-state index contributed by atoms with van der Waals surface area (Å²) < 4.78 is 24.0. The van der Waals surface area contributed by atoms with Crippen LogP contribution in [0, 0.1) is 11.8 Å². The number of aliphatic carboxylic acids is 1. The molecule has 1 fully saturated rings. The molecule has 212 valence electrons. The van der Waals surface area contributed by atoms with Gasteiger partial charge in [0.2, 0.25) is 12.8 Å². The number of fused-ring (bicyclic) bond motifs is 1. The lowest BCUT2D eigenvalue weighted by Crippen LogP contribution is -2.35. The van der Waals surface area contributed by atoms with E-state index in [4.69, 9.17) is 14.5 Å². The number of nitrogens with zero attached hydrogens (tertiary/aromatic N) is 4. The molecule has 0 saturated heterocycles. The van der Waals surface area contributed by atoms with Gasteiger partial charge in [-0.15, -0.1) is 11.3 Å². The summed E-state index contributed by atoms with van der Waals surface area (Å²) >= 11 is 1.29. The molecule has 3 heterocycles. The van der Waals surface area contributed by atoms with Gasteiger partial charge in [-0.2, -0.15) is 0 Å². The molecule has 2 aliphatic rings. The second-order valence-corrected chi connectivity index (χ2v) is 11.2. The highest BCUT2D eigenvalue weighted by Crippen LogP contribution is 2.40. The van der Waals surface area contributed by atoms with Crippen molar-refractivity contribution in [1.82, 2.24) is 9.97 Å². The van der Waals surface area contributed by atoms with E-state index in [1.807, 2.05) is 29.5 Å². The largest absolute Gasteiger partial charge is 0.488 e. The van der Waals surface area contributed by atoms with Crippen LogP contribution in [0.1, 0.15) is 38.5 Å². The molecule has 2 aromatic heterocycles. The maximum absolute atomic E-state index is 13.4. The maximum Gasteiger partial charge on any atom is 0.304 e. The molecule has 3 aromatic rings. The summed E-state index contributed by atoms with van der Waals surface area (Å²) in [5, 5.41) is 11.8. The number of benzene rings is 1. The number of aromatic nitrogens is 2. The van der Waals surface area contributed by atoms with Crippen molar-refractivity contribution in [3.05, 3.63) is 35.8 Å². The number of carboxylic acid groups (broad SMARTS) is 1. The zero-order chi connectivity index (χ0) is 28.2. The van der Waals surface area contributed by atoms with Crippen LogP contribution < -0.4 is 19.3 Å². The number of carboxylic acids is 1. The van der Waals surface area contributed by atoms with Crippen LogP contribution >= 0.6 is 11.3 Å². The number of anilines is 2. The molecule has 1 amide bonds. The normalized spacial score (nSPS) is 15.8. The van der Waals surface area contributed by atoms with Gasteiger partial charge < -0.3 is 19.5 Å². The molecule has 1 atom stereocenters. The standard InChI is InChI=1S/C29H33FN4O5S/c1-33-9-10-38-25-12-20(15-31-27(25)33)22-8-7-21(39-17-30)14-23(22)24-16-40-29(32-24)34(2)28(37)19(13-26(35)36)11-18-5-3-4-6-18/h7-8,12,14-16,18-19H,3-6,9-11,13,17H2,1-2H3,(H,35,36). The average molecular weight is 569 g/mol. The summed E-state index contributed by atoms with van der Waals surface area (Å²) in [6.07, 6.45) is 6.46. The van der Waals surface area contributed by atoms with Crippen LogP contribution in [0.25, 0.3) is 22.4 Å². The molecule has 0 radical (unpaired) electrons. The van der Waals surface area contributed by atoms with Crippen molar-refractivity contribution >= 4 is 34.2 Å². The molecule has 1 N–H and O–H groups in total. The molecule has 40 heavy (non-hydrogen) atoms. The number of hydrogen-bond donors (Lipinski definition) is 1. The molecule has 11 heteroatoms. The van der Waals surface area contributed by atoms with Crippen LogP contribution in [0.3, 0.4) is 0 Å². The van der Waals surface area contributed by atoms with Crippen LogP contribution in [-0.2, 0) is 9.59 Å². The quantitative estimate of drug-likeness (QED) is 0.335. The Balaban J connectivity index is 1.45. The number of carbonyl (C=O) groups excluding carboxylic acids is 1. The van der Waals surface area contributed by atoms with E-state index in [0.29, 0.717) is 46.8 Å². The van der Waals surface area contributed by atoms with Gasteiger partial charge >= 0.3 is 5.97 Å². The molecule has 1 aliphatic carbocycles. The van der Waals surface area contributed by atoms with Gasteiger partial charge in [-0.05, 0) is 42.2 Å². The zero-order valence-electron chi connectivity index (χ0n) is 22.6. The first-order chi connectivity index (χ1) is 19.3. The lowest BCUT2D eigenvalue weighted by Gasteiger charge is -2.26. The molecule has 5 rings (SSSR count). The fourth-order valence-electron chi connectivity index (χ4n) is 5.56. The van der Waals surface area contributed by atoms with Crippen molar-refractivity contribution in [2.24, 2.45) is 11.8 Å². The third kappa shape index (κ3) is 6.04. The maximum atomic E-state index is 13.4. The number of carbonyl (C=O) groups is 2. The lowest BCUT2D eigenvalue weighted by molar-refractivity contribution is -0.140. The van der Waals surface area contributed by atoms with Gasteiger partial charge in [-0.3, -0.25) is 14.5 Å². The SMILES string of the molecule is CN1CCOc2cc(-c3ccc(OCF)cc3-c3csc(N(C)C(=O)C(CC(=O)O)CC4CCCC4)n3)cnc21. The molecule has 1 saturated carbocycles. The van der Waals surface area contributed by atoms with Crippen LogP contribution in [0.4, 0.5) is 15.3 Å². The third-order valence-corrected chi connectivity index (χ3v) is 8.57. The number of halogens is 1. The molecule has 1 aliphatic heterocycles. The highest BCUT2D eigenvalue weighted by Gasteiger charge is 2.31. The minimum Gasteiger partial charge on any atom is -0.488 e. The average Bonchev–Trinajstić information content (AvgIpc) is 3.65. The van der Waals surface area contributed by atoms with E-state index in [9.17, 15) is 19.1 Å². The highest BCUT2D eigenvalue weighted by atomic mass is 32.1. The van der Waals surface area contributed by atoms with Gasteiger partial charge in [-0.25, -0.2) is 14.4 Å². The van der Waals surface area contributed by atoms with E-state index in [1.165, 1.54) is 16.2 Å². The molecule has 1 aromatic carbocycles. The fraction of sp³-hybridized carbons (Fsp3) is 0.448. The first kappa shape index (κ1) is 27.8. The Morgan fingerprint density at radius 3 is 2.83 bits per heavy atom. The number of likely N-dealkylation sites (N-methyl/N-ethyl adjacent to an activating group) is 1. The van der Waals surface area contributed by atoms with Crippen LogP contribution in [-0.4, -0.2) is 61.1 Å². The first-order valence-electron chi connectivity index (χ1n) is 13.5. The zero-order valence-corrected chi connectivity index (χ0v) is 23.5. The van der Waals surface area contributed by atoms with E-state index in [2.05, 4.69) is 4.98 Å². The summed E-state index contributed by atoms with van der Waals surface area (Å²) in [5.41, 5.74) is 2.87. The number of hydrogen-bond acceptors (Lipinski definition) is 8. The summed E-state index contributed by atoms with van der Waals surface area (Å²) in [7, 11) is 3.60. The Kier molecular flexibility index (Phi) is 8.49. The van der Waals surface area contributed by atoms with Crippen LogP contribution in [0.15, 0.2) is 35.8 Å². The summed E-state index contributed by atoms with van der Waals surface area (Å²) in [4.78, 5) is 37.9. The predicted octanol–water partition coefficient (Wildman–Crippen LogP) is 5.64. The Bertz CT molecular complexity index is 1380. The third-order valence-electron chi connectivity index (χ3n) is 7.65. The topological polar surface area (TPSA) is 105 Å². The number of ether oxygens (including phenoxy) is 2. The van der Waals surface area contributed by atoms with Crippen molar-refractivity contribution in [2.75, 3.05) is 43.9 Å². The van der Waals surface area contributed by atoms with Crippen molar-refractivity contribution in [3.63, 3.8) is 0 Å². The van der Waals surface area contributed by atoms with Crippen molar-refractivity contribution < 1.29 is 28.6 Å². The minimum absolute atomic E-state index is 0.201. The second-order valence-electron chi connectivity index (χ2n) is 10.4. The molecule has 0 bridgehead atoms. The summed E-state index contributed by atoms with van der Waals surface area (Å²) in [5.74, 6) is 0.340. The fourth-order valence-corrected chi connectivity index (χ4v) is 6.35. The van der Waals surface area contributed by atoms with E-state index in [1.54, 1.807) is 25.4 Å². The van der Waals surface area contributed by atoms with Crippen molar-refractivity contribution in [3.8, 4) is 33.9 Å². The number of thiazole rings is 1. The smallest absolute Gasteiger partial charge is 0.304 e. The number of pyridine rings is 1. The van der Waals surface area contributed by atoms with Gasteiger partial charge in [-0.1, -0.05) is 25.7 Å². The van der Waals surface area contributed by atoms with Crippen molar-refractivity contribution in [1.29, 1.82) is 0 Å². The van der Waals surface area contributed by atoms with E-state index in [0.717, 1.165) is 49.2 Å². The van der Waals surface area contributed by atoms with Gasteiger partial charge in [0.05, 0.1) is 18.7 Å². The second kappa shape index (κ2) is 12.2. The van der Waals surface area contributed by atoms with Gasteiger partial charge in [0, 0.05) is 42.7 Å². The number of alkyl halides is 1. The molecule has 0 spiro atoms. The van der Waals surface area contributed by atoms with Crippen molar-refractivity contribution in [2.45, 2.75) is 38.5 Å². The molecular weight excluding hydrogens is 535 g/mol. The predicted molar refractivity (Wildman–Crippen MR) is 152 cm³/mol. The first-order valence-corrected chi connectivity index (χ1v) is 14.3. The molecule has 1 unspecified atom stereocenters. The summed E-state index contributed by atoms with van der Waals surface area (Å²) in [6.45, 7) is 0.344. The Morgan fingerprint density at radius 2 is 2.08 bits per heavy atom. The van der Waals surface area contributed by atoms with E-state index < -0.39 is 18.7 Å². The van der Waals surface area contributed by atoms with Crippen LogP contribution in [0.5, 0.6) is 11.5 Å². The molecule has 9 nitrogen and oxygen atoms in total. The Morgan fingerprint density at radius 1 is 1.27 bits per heavy atom.